The van der Waals surface area contributed by atoms with Crippen molar-refractivity contribution >= 4 is 15.0 Å². The summed E-state index contributed by atoms with van der Waals surface area (Å²) in [6.07, 6.45) is 1.22. The standard InChI is InChI=1S/C14H19N2OP/c1-9(2)12-3-4-13-11-5-10(6-15(18)8-11)7-16(13)14(12)17/h3-4,10-11H,1,5-8,18H2,2H3. The Morgan fingerprint density at radius 3 is 2.89 bits per heavy atom. The molecule has 0 radical (unpaired) electrons. The summed E-state index contributed by atoms with van der Waals surface area (Å²) in [6.45, 7) is 8.76. The minimum atomic E-state index is 0.145. The molecule has 0 saturated carbocycles. The second kappa shape index (κ2) is 4.32. The molecule has 1 fully saturated rings. The van der Waals surface area contributed by atoms with E-state index in [0.717, 1.165) is 30.8 Å². The lowest BCUT2D eigenvalue weighted by Gasteiger charge is -2.41. The van der Waals surface area contributed by atoms with Crippen molar-refractivity contribution in [2.75, 3.05) is 13.1 Å². The minimum Gasteiger partial charge on any atom is -0.311 e. The van der Waals surface area contributed by atoms with Crippen molar-refractivity contribution in [3.05, 3.63) is 40.3 Å². The number of piperidine rings is 1. The molecule has 96 valence electrons. The molecule has 0 N–H and O–H groups in total. The van der Waals surface area contributed by atoms with Gasteiger partial charge in [-0.3, -0.25) is 9.46 Å². The molecule has 0 amide bonds. The quantitative estimate of drug-likeness (QED) is 0.724. The predicted molar refractivity (Wildman–Crippen MR) is 77.5 cm³/mol. The Morgan fingerprint density at radius 1 is 1.39 bits per heavy atom. The van der Waals surface area contributed by atoms with E-state index in [2.05, 4.69) is 26.7 Å². The number of pyridine rings is 1. The molecule has 0 aliphatic carbocycles. The van der Waals surface area contributed by atoms with E-state index in [1.165, 1.54) is 12.1 Å². The van der Waals surface area contributed by atoms with Gasteiger partial charge in [0.25, 0.3) is 5.56 Å². The topological polar surface area (TPSA) is 25.2 Å². The second-order valence-electron chi connectivity index (χ2n) is 5.62. The zero-order valence-corrected chi connectivity index (χ0v) is 11.9. The molecule has 1 aromatic heterocycles. The maximum Gasteiger partial charge on any atom is 0.258 e. The molecule has 2 bridgehead atoms. The van der Waals surface area contributed by atoms with Gasteiger partial charge in [-0.05, 0) is 37.0 Å². The minimum absolute atomic E-state index is 0.145. The molecule has 4 heteroatoms. The van der Waals surface area contributed by atoms with Gasteiger partial charge in [-0.25, -0.2) is 0 Å². The normalized spacial score (nSPS) is 26.8. The van der Waals surface area contributed by atoms with Gasteiger partial charge in [-0.15, -0.1) is 0 Å². The number of nitrogens with zero attached hydrogens (tertiary/aromatic N) is 2. The van der Waals surface area contributed by atoms with Crippen molar-refractivity contribution in [3.8, 4) is 0 Å². The van der Waals surface area contributed by atoms with E-state index >= 15 is 0 Å². The Morgan fingerprint density at radius 2 is 2.17 bits per heavy atom. The Bertz CT molecular complexity index is 563. The number of allylic oxidation sites excluding steroid dienone is 1. The summed E-state index contributed by atoms with van der Waals surface area (Å²) in [5.41, 5.74) is 2.97. The van der Waals surface area contributed by atoms with Gasteiger partial charge in [0.2, 0.25) is 0 Å². The van der Waals surface area contributed by atoms with Crippen molar-refractivity contribution < 1.29 is 0 Å². The summed E-state index contributed by atoms with van der Waals surface area (Å²) in [6, 6.07) is 4.06. The van der Waals surface area contributed by atoms with Gasteiger partial charge >= 0.3 is 0 Å². The van der Waals surface area contributed by atoms with Crippen molar-refractivity contribution in [1.29, 1.82) is 0 Å². The van der Waals surface area contributed by atoms with E-state index in [0.29, 0.717) is 11.8 Å². The second-order valence-corrected chi connectivity index (χ2v) is 6.35. The molecule has 3 atom stereocenters. The fraction of sp³-hybridized carbons (Fsp3) is 0.500. The molecule has 3 rings (SSSR count). The van der Waals surface area contributed by atoms with Crippen LogP contribution in [0, 0.1) is 5.92 Å². The van der Waals surface area contributed by atoms with Crippen LogP contribution in [0.5, 0.6) is 0 Å². The van der Waals surface area contributed by atoms with Crippen LogP contribution in [0.4, 0.5) is 0 Å². The molecule has 2 aliphatic heterocycles. The third-order valence-corrected chi connectivity index (χ3v) is 4.51. The maximum absolute atomic E-state index is 12.5. The van der Waals surface area contributed by atoms with E-state index in [1.54, 1.807) is 0 Å². The third kappa shape index (κ3) is 1.86. The van der Waals surface area contributed by atoms with Crippen LogP contribution < -0.4 is 5.56 Å². The van der Waals surface area contributed by atoms with E-state index in [1.807, 2.05) is 17.6 Å². The van der Waals surface area contributed by atoms with Crippen LogP contribution in [-0.2, 0) is 6.54 Å². The Hall–Kier alpha value is -0.920. The predicted octanol–water partition coefficient (Wildman–Crippen LogP) is 2.09. The van der Waals surface area contributed by atoms with E-state index < -0.39 is 0 Å². The monoisotopic (exact) mass is 262 g/mol. The molecule has 3 unspecified atom stereocenters. The highest BCUT2D eigenvalue weighted by atomic mass is 31.0. The molecule has 1 saturated heterocycles. The first kappa shape index (κ1) is 12.1. The molecule has 2 aliphatic rings. The van der Waals surface area contributed by atoms with Crippen LogP contribution in [0.15, 0.2) is 23.5 Å². The molecule has 1 aromatic rings. The van der Waals surface area contributed by atoms with Gasteiger partial charge in [-0.1, -0.05) is 16.0 Å². The summed E-state index contributed by atoms with van der Waals surface area (Å²) >= 11 is 0. The SMILES string of the molecule is C=C(C)c1ccc2n(c1=O)CC1CC2CN(P)C1. The van der Waals surface area contributed by atoms with Crippen molar-refractivity contribution in [2.45, 2.75) is 25.8 Å². The summed E-state index contributed by atoms with van der Waals surface area (Å²) in [4.78, 5) is 12.5. The average molecular weight is 262 g/mol. The van der Waals surface area contributed by atoms with Crippen molar-refractivity contribution in [1.82, 2.24) is 9.24 Å². The van der Waals surface area contributed by atoms with Crippen LogP contribution in [0.3, 0.4) is 0 Å². The van der Waals surface area contributed by atoms with Crippen LogP contribution >= 0.6 is 9.39 Å². The van der Waals surface area contributed by atoms with Gasteiger partial charge in [0, 0.05) is 36.8 Å². The van der Waals surface area contributed by atoms with Gasteiger partial charge in [0.1, 0.15) is 0 Å². The number of aromatic nitrogens is 1. The highest BCUT2D eigenvalue weighted by Crippen LogP contribution is 2.36. The van der Waals surface area contributed by atoms with Gasteiger partial charge in [0.15, 0.2) is 0 Å². The van der Waals surface area contributed by atoms with E-state index in [4.69, 9.17) is 0 Å². The molecular weight excluding hydrogens is 243 g/mol. The summed E-state index contributed by atoms with van der Waals surface area (Å²) in [5.74, 6) is 1.11. The molecule has 0 aromatic carbocycles. The molecule has 18 heavy (non-hydrogen) atoms. The molecule has 0 spiro atoms. The largest absolute Gasteiger partial charge is 0.311 e. The van der Waals surface area contributed by atoms with Gasteiger partial charge in [0.05, 0.1) is 0 Å². The van der Waals surface area contributed by atoms with E-state index in [-0.39, 0.29) is 5.56 Å². The number of hydrogen-bond acceptors (Lipinski definition) is 2. The lowest BCUT2D eigenvalue weighted by molar-refractivity contribution is 0.196. The third-order valence-electron chi connectivity index (χ3n) is 4.09. The van der Waals surface area contributed by atoms with Crippen LogP contribution in [-0.4, -0.2) is 22.3 Å². The number of rotatable bonds is 1. The highest BCUT2D eigenvalue weighted by Gasteiger charge is 2.33. The first-order valence-electron chi connectivity index (χ1n) is 6.45. The Labute approximate surface area is 110 Å². The van der Waals surface area contributed by atoms with Crippen LogP contribution in [0.2, 0.25) is 0 Å². The van der Waals surface area contributed by atoms with Gasteiger partial charge in [-0.2, -0.15) is 0 Å². The lowest BCUT2D eigenvalue weighted by atomic mass is 9.84. The Balaban J connectivity index is 2.11. The van der Waals surface area contributed by atoms with Crippen LogP contribution in [0.25, 0.3) is 5.57 Å². The number of hydrogen-bond donors (Lipinski definition) is 0. The zero-order valence-electron chi connectivity index (χ0n) is 10.7. The molecule has 3 heterocycles. The fourth-order valence-corrected chi connectivity index (χ4v) is 3.86. The smallest absolute Gasteiger partial charge is 0.258 e. The number of fused-ring (bicyclic) bond motifs is 4. The molecule has 3 nitrogen and oxygen atoms in total. The maximum atomic E-state index is 12.5. The first-order valence-corrected chi connectivity index (χ1v) is 6.97. The summed E-state index contributed by atoms with van der Waals surface area (Å²) < 4.78 is 4.29. The van der Waals surface area contributed by atoms with Crippen LogP contribution in [0.1, 0.15) is 30.5 Å². The zero-order chi connectivity index (χ0) is 12.9. The highest BCUT2D eigenvalue weighted by molar-refractivity contribution is 7.13. The summed E-state index contributed by atoms with van der Waals surface area (Å²) in [7, 11) is 2.80. The summed E-state index contributed by atoms with van der Waals surface area (Å²) in [5, 5.41) is 0. The van der Waals surface area contributed by atoms with Crippen molar-refractivity contribution in [3.63, 3.8) is 0 Å². The first-order chi connectivity index (χ1) is 8.56. The van der Waals surface area contributed by atoms with E-state index in [9.17, 15) is 4.79 Å². The average Bonchev–Trinajstić information content (AvgIpc) is 2.29. The Kier molecular flexibility index (Phi) is 2.91. The lowest BCUT2D eigenvalue weighted by Crippen LogP contribution is -2.44. The molecular formula is C14H19N2OP. The van der Waals surface area contributed by atoms with Crippen molar-refractivity contribution in [2.24, 2.45) is 5.92 Å². The van der Waals surface area contributed by atoms with Gasteiger partial charge < -0.3 is 4.57 Å². The fourth-order valence-electron chi connectivity index (χ4n) is 3.31.